The maximum absolute atomic E-state index is 6.17. The van der Waals surface area contributed by atoms with Gasteiger partial charge < -0.3 is 0 Å². The van der Waals surface area contributed by atoms with Crippen molar-refractivity contribution >= 4 is 39.1 Å². The normalized spacial score (nSPS) is 10.8. The van der Waals surface area contributed by atoms with Gasteiger partial charge in [0.2, 0.25) is 0 Å². The van der Waals surface area contributed by atoms with E-state index in [9.17, 15) is 0 Å². The topological polar surface area (TPSA) is 30.7 Å². The Kier molecular flexibility index (Phi) is 4.29. The van der Waals surface area contributed by atoms with E-state index in [1.54, 1.807) is 0 Å². The molecule has 0 spiro atoms. The van der Waals surface area contributed by atoms with E-state index in [1.165, 1.54) is 0 Å². The molecule has 0 atom stereocenters. The smallest absolute Gasteiger partial charge is 0.168 e. The molecule has 0 amide bonds. The Bertz CT molecular complexity index is 772. The molecule has 0 unspecified atom stereocenters. The summed E-state index contributed by atoms with van der Waals surface area (Å²) in [6, 6.07) is 15.6. The molecule has 0 aliphatic heterocycles. The summed E-state index contributed by atoms with van der Waals surface area (Å²) in [6.07, 6.45) is 0. The van der Waals surface area contributed by atoms with Gasteiger partial charge in [0.1, 0.15) is 0 Å². The minimum Gasteiger partial charge on any atom is -0.278 e. The fourth-order valence-electron chi connectivity index (χ4n) is 2.07. The van der Waals surface area contributed by atoms with Gasteiger partial charge in [-0.25, -0.2) is 0 Å². The number of para-hydroxylation sites is 1. The van der Waals surface area contributed by atoms with Crippen molar-refractivity contribution in [2.24, 2.45) is 0 Å². The van der Waals surface area contributed by atoms with Gasteiger partial charge in [0, 0.05) is 15.7 Å². The van der Waals surface area contributed by atoms with Crippen LogP contribution in [0.3, 0.4) is 0 Å². The molecule has 0 aliphatic rings. The fraction of sp³-hybridized carbons (Fsp3) is 0.0667. The molecule has 0 saturated carbocycles. The van der Waals surface area contributed by atoms with Crippen molar-refractivity contribution in [3.63, 3.8) is 0 Å². The zero-order valence-corrected chi connectivity index (χ0v) is 13.9. The Labute approximate surface area is 140 Å². The molecule has 0 bridgehead atoms. The number of alkyl halides is 1. The Hall–Kier alpha value is -1.36. The summed E-state index contributed by atoms with van der Waals surface area (Å²) in [6.45, 7) is 0. The third-order valence-corrected chi connectivity index (χ3v) is 4.51. The molecule has 1 aromatic heterocycles. The number of halogens is 3. The highest BCUT2D eigenvalue weighted by atomic mass is 79.9. The van der Waals surface area contributed by atoms with Crippen LogP contribution in [0.1, 0.15) is 5.82 Å². The summed E-state index contributed by atoms with van der Waals surface area (Å²) in [7, 11) is 0. The van der Waals surface area contributed by atoms with Crippen LogP contribution in [0.25, 0.3) is 17.1 Å². The first-order valence-corrected chi connectivity index (χ1v) is 7.92. The Morgan fingerprint density at radius 2 is 1.81 bits per heavy atom. The van der Waals surface area contributed by atoms with Gasteiger partial charge in [-0.3, -0.25) is 4.57 Å². The van der Waals surface area contributed by atoms with E-state index < -0.39 is 0 Å². The van der Waals surface area contributed by atoms with Crippen LogP contribution in [0.2, 0.25) is 5.02 Å². The van der Waals surface area contributed by atoms with Crippen LogP contribution in [0.15, 0.2) is 53.0 Å². The SMILES string of the molecule is ClCc1nnc(-c2ccc(Br)c(Cl)c2)n1-c1ccccc1. The third-order valence-electron chi connectivity index (χ3n) is 3.04. The number of aromatic nitrogens is 3. The molecule has 2 aromatic carbocycles. The molecule has 0 saturated heterocycles. The molecule has 21 heavy (non-hydrogen) atoms. The summed E-state index contributed by atoms with van der Waals surface area (Å²) < 4.78 is 2.78. The Balaban J connectivity index is 2.20. The molecule has 3 rings (SSSR count). The number of rotatable bonds is 3. The highest BCUT2D eigenvalue weighted by Gasteiger charge is 2.15. The molecule has 6 heteroatoms. The van der Waals surface area contributed by atoms with Gasteiger partial charge in [0.05, 0.1) is 10.9 Å². The number of nitrogens with zero attached hydrogens (tertiary/aromatic N) is 3. The summed E-state index contributed by atoms with van der Waals surface area (Å²) >= 11 is 15.5. The van der Waals surface area contributed by atoms with Crippen LogP contribution in [-0.2, 0) is 5.88 Å². The lowest BCUT2D eigenvalue weighted by Gasteiger charge is -2.09. The van der Waals surface area contributed by atoms with E-state index >= 15 is 0 Å². The predicted octanol–water partition coefficient (Wildman–Crippen LogP) is 5.09. The van der Waals surface area contributed by atoms with Crippen molar-refractivity contribution < 1.29 is 0 Å². The first-order chi connectivity index (χ1) is 10.2. The maximum atomic E-state index is 6.17. The van der Waals surface area contributed by atoms with Gasteiger partial charge in [0.25, 0.3) is 0 Å². The molecule has 0 radical (unpaired) electrons. The lowest BCUT2D eigenvalue weighted by atomic mass is 10.2. The van der Waals surface area contributed by atoms with Crippen LogP contribution in [0.4, 0.5) is 0 Å². The van der Waals surface area contributed by atoms with Gasteiger partial charge in [-0.05, 0) is 46.3 Å². The van der Waals surface area contributed by atoms with Crippen molar-refractivity contribution in [1.82, 2.24) is 14.8 Å². The lowest BCUT2D eigenvalue weighted by Crippen LogP contribution is -2.01. The second-order valence-electron chi connectivity index (χ2n) is 4.37. The summed E-state index contributed by atoms with van der Waals surface area (Å²) in [4.78, 5) is 0. The van der Waals surface area contributed by atoms with Gasteiger partial charge in [-0.1, -0.05) is 29.8 Å². The molecule has 3 aromatic rings. The molecular weight excluding hydrogens is 373 g/mol. The Morgan fingerprint density at radius 1 is 1.05 bits per heavy atom. The summed E-state index contributed by atoms with van der Waals surface area (Å²) in [5.41, 5.74) is 1.85. The minimum absolute atomic E-state index is 0.284. The fourth-order valence-corrected chi connectivity index (χ4v) is 2.67. The van der Waals surface area contributed by atoms with Gasteiger partial charge >= 0.3 is 0 Å². The highest BCUT2D eigenvalue weighted by Crippen LogP contribution is 2.29. The van der Waals surface area contributed by atoms with Crippen molar-refractivity contribution in [1.29, 1.82) is 0 Å². The number of hydrogen-bond acceptors (Lipinski definition) is 2. The molecule has 106 valence electrons. The van der Waals surface area contributed by atoms with E-state index in [4.69, 9.17) is 23.2 Å². The minimum atomic E-state index is 0.284. The van der Waals surface area contributed by atoms with Crippen LogP contribution in [0, 0.1) is 0 Å². The molecular formula is C15H10BrCl2N3. The van der Waals surface area contributed by atoms with Crippen LogP contribution >= 0.6 is 39.1 Å². The highest BCUT2D eigenvalue weighted by molar-refractivity contribution is 9.10. The van der Waals surface area contributed by atoms with E-state index in [0.717, 1.165) is 15.7 Å². The first-order valence-electron chi connectivity index (χ1n) is 6.22. The number of benzene rings is 2. The number of hydrogen-bond donors (Lipinski definition) is 0. The lowest BCUT2D eigenvalue weighted by molar-refractivity contribution is 0.953. The van der Waals surface area contributed by atoms with E-state index in [0.29, 0.717) is 16.7 Å². The molecule has 1 heterocycles. The summed E-state index contributed by atoms with van der Waals surface area (Å²) in [5, 5.41) is 9.05. The molecule has 0 aliphatic carbocycles. The van der Waals surface area contributed by atoms with Crippen molar-refractivity contribution in [2.75, 3.05) is 0 Å². The molecule has 0 fully saturated rings. The predicted molar refractivity (Wildman–Crippen MR) is 89.1 cm³/mol. The largest absolute Gasteiger partial charge is 0.278 e. The standard InChI is InChI=1S/C15H10BrCl2N3/c16-12-7-6-10(8-13(12)18)15-20-19-14(9-17)21(15)11-4-2-1-3-5-11/h1-8H,9H2. The van der Waals surface area contributed by atoms with Crippen LogP contribution < -0.4 is 0 Å². The zero-order valence-electron chi connectivity index (χ0n) is 10.8. The zero-order chi connectivity index (χ0) is 14.8. The third kappa shape index (κ3) is 2.84. The van der Waals surface area contributed by atoms with E-state index in [1.807, 2.05) is 53.1 Å². The van der Waals surface area contributed by atoms with Gasteiger partial charge in [0.15, 0.2) is 11.6 Å². The van der Waals surface area contributed by atoms with Gasteiger partial charge in [-0.15, -0.1) is 21.8 Å². The van der Waals surface area contributed by atoms with Crippen molar-refractivity contribution in [2.45, 2.75) is 5.88 Å². The second-order valence-corrected chi connectivity index (χ2v) is 5.90. The van der Waals surface area contributed by atoms with E-state index in [2.05, 4.69) is 26.1 Å². The molecule has 0 N–H and O–H groups in total. The quantitative estimate of drug-likeness (QED) is 0.590. The first kappa shape index (κ1) is 14.6. The van der Waals surface area contributed by atoms with Crippen LogP contribution in [-0.4, -0.2) is 14.8 Å². The van der Waals surface area contributed by atoms with Crippen molar-refractivity contribution in [3.05, 3.63) is 63.9 Å². The van der Waals surface area contributed by atoms with Crippen LogP contribution in [0.5, 0.6) is 0 Å². The van der Waals surface area contributed by atoms with Gasteiger partial charge in [-0.2, -0.15) is 0 Å². The second kappa shape index (κ2) is 6.18. The average molecular weight is 383 g/mol. The average Bonchev–Trinajstić information content (AvgIpc) is 2.95. The molecule has 3 nitrogen and oxygen atoms in total. The monoisotopic (exact) mass is 381 g/mol. The summed E-state index contributed by atoms with van der Waals surface area (Å²) in [5.74, 6) is 1.69. The van der Waals surface area contributed by atoms with Crippen molar-refractivity contribution in [3.8, 4) is 17.1 Å². The maximum Gasteiger partial charge on any atom is 0.168 e. The van der Waals surface area contributed by atoms with E-state index in [-0.39, 0.29) is 5.88 Å². The Morgan fingerprint density at radius 3 is 2.48 bits per heavy atom.